The highest BCUT2D eigenvalue weighted by Crippen LogP contribution is 2.21. The van der Waals surface area contributed by atoms with Gasteiger partial charge in [-0.3, -0.25) is 9.48 Å². The Morgan fingerprint density at radius 2 is 1.83 bits per heavy atom. The van der Waals surface area contributed by atoms with Crippen molar-refractivity contribution in [3.63, 3.8) is 0 Å². The second-order valence-electron chi connectivity index (χ2n) is 5.96. The van der Waals surface area contributed by atoms with E-state index in [1.54, 1.807) is 11.8 Å². The van der Waals surface area contributed by atoms with E-state index in [2.05, 4.69) is 22.1 Å². The fourth-order valence-electron chi connectivity index (χ4n) is 3.08. The zero-order valence-electron chi connectivity index (χ0n) is 14.5. The van der Waals surface area contributed by atoms with Crippen molar-refractivity contribution < 1.29 is 9.53 Å². The van der Waals surface area contributed by atoms with Crippen LogP contribution in [0.3, 0.4) is 0 Å². The second-order valence-corrected chi connectivity index (χ2v) is 5.96. The second kappa shape index (κ2) is 6.95. The standard InChI is InChI=1S/C18H24N4O2/c1-4-22-17(13-14(2)19-22)18(23)21-11-9-20(10-12-21)15-5-7-16(24-3)8-6-15/h5-8,13H,4,9-12H2,1-3H3. The van der Waals surface area contributed by atoms with Crippen molar-refractivity contribution in [1.29, 1.82) is 0 Å². The van der Waals surface area contributed by atoms with Gasteiger partial charge < -0.3 is 14.5 Å². The van der Waals surface area contributed by atoms with Crippen LogP contribution in [-0.2, 0) is 6.54 Å². The summed E-state index contributed by atoms with van der Waals surface area (Å²) in [6, 6.07) is 9.93. The van der Waals surface area contributed by atoms with Crippen molar-refractivity contribution in [2.24, 2.45) is 0 Å². The predicted molar refractivity (Wildman–Crippen MR) is 93.7 cm³/mol. The quantitative estimate of drug-likeness (QED) is 0.863. The minimum atomic E-state index is 0.0758. The summed E-state index contributed by atoms with van der Waals surface area (Å²) in [7, 11) is 1.67. The lowest BCUT2D eigenvalue weighted by Crippen LogP contribution is -2.49. The van der Waals surface area contributed by atoms with Gasteiger partial charge in [0.25, 0.3) is 5.91 Å². The minimum absolute atomic E-state index is 0.0758. The highest BCUT2D eigenvalue weighted by atomic mass is 16.5. The number of carbonyl (C=O) groups excluding carboxylic acids is 1. The Balaban J connectivity index is 1.64. The predicted octanol–water partition coefficient (Wildman–Crippen LogP) is 2.18. The molecule has 1 aromatic carbocycles. The van der Waals surface area contributed by atoms with Crippen molar-refractivity contribution in [2.45, 2.75) is 20.4 Å². The number of benzene rings is 1. The molecule has 0 saturated carbocycles. The molecule has 1 saturated heterocycles. The molecule has 0 atom stereocenters. The Kier molecular flexibility index (Phi) is 4.74. The van der Waals surface area contributed by atoms with Crippen LogP contribution in [-0.4, -0.2) is 53.9 Å². The van der Waals surface area contributed by atoms with E-state index in [1.165, 1.54) is 0 Å². The van der Waals surface area contributed by atoms with E-state index in [0.717, 1.165) is 43.3 Å². The lowest BCUT2D eigenvalue weighted by atomic mass is 10.2. The van der Waals surface area contributed by atoms with Crippen LogP contribution in [0.5, 0.6) is 5.75 Å². The zero-order chi connectivity index (χ0) is 17.1. The van der Waals surface area contributed by atoms with Crippen LogP contribution in [0.4, 0.5) is 5.69 Å². The van der Waals surface area contributed by atoms with Gasteiger partial charge in [-0.25, -0.2) is 0 Å². The van der Waals surface area contributed by atoms with Crippen molar-refractivity contribution in [3.05, 3.63) is 41.7 Å². The fourth-order valence-corrected chi connectivity index (χ4v) is 3.08. The Morgan fingerprint density at radius 3 is 2.42 bits per heavy atom. The van der Waals surface area contributed by atoms with Crippen LogP contribution in [0, 0.1) is 6.92 Å². The maximum Gasteiger partial charge on any atom is 0.272 e. The van der Waals surface area contributed by atoms with E-state index in [9.17, 15) is 4.79 Å². The number of aryl methyl sites for hydroxylation is 2. The van der Waals surface area contributed by atoms with Gasteiger partial charge in [0.2, 0.25) is 0 Å². The van der Waals surface area contributed by atoms with Crippen molar-refractivity contribution in [3.8, 4) is 5.75 Å². The average Bonchev–Trinajstić information content (AvgIpc) is 3.02. The summed E-state index contributed by atoms with van der Waals surface area (Å²) in [4.78, 5) is 17.0. The molecule has 6 heteroatoms. The molecule has 0 N–H and O–H groups in total. The molecule has 0 bridgehead atoms. The van der Waals surface area contributed by atoms with Gasteiger partial charge >= 0.3 is 0 Å². The number of rotatable bonds is 4. The van der Waals surface area contributed by atoms with E-state index < -0.39 is 0 Å². The first-order chi connectivity index (χ1) is 11.6. The van der Waals surface area contributed by atoms with Crippen LogP contribution in [0.2, 0.25) is 0 Å². The van der Waals surface area contributed by atoms with Crippen molar-refractivity contribution >= 4 is 11.6 Å². The maximum absolute atomic E-state index is 12.7. The van der Waals surface area contributed by atoms with Gasteiger partial charge in [-0.15, -0.1) is 0 Å². The summed E-state index contributed by atoms with van der Waals surface area (Å²) in [5.41, 5.74) is 2.74. The summed E-state index contributed by atoms with van der Waals surface area (Å²) in [5.74, 6) is 0.933. The Morgan fingerprint density at radius 1 is 1.17 bits per heavy atom. The van der Waals surface area contributed by atoms with Gasteiger partial charge in [0.1, 0.15) is 11.4 Å². The molecule has 1 aromatic heterocycles. The number of nitrogens with zero attached hydrogens (tertiary/aromatic N) is 4. The molecular formula is C18H24N4O2. The molecular weight excluding hydrogens is 304 g/mol. The number of aromatic nitrogens is 2. The molecule has 128 valence electrons. The third kappa shape index (κ3) is 3.22. The highest BCUT2D eigenvalue weighted by molar-refractivity contribution is 5.93. The number of ether oxygens (including phenoxy) is 1. The van der Waals surface area contributed by atoms with Gasteiger partial charge in [0, 0.05) is 38.4 Å². The number of amides is 1. The van der Waals surface area contributed by atoms with Gasteiger partial charge in [0.05, 0.1) is 12.8 Å². The van der Waals surface area contributed by atoms with Gasteiger partial charge in [-0.05, 0) is 44.2 Å². The number of hydrogen-bond acceptors (Lipinski definition) is 4. The van der Waals surface area contributed by atoms with Gasteiger partial charge in [-0.2, -0.15) is 5.10 Å². The first kappa shape index (κ1) is 16.4. The first-order valence-corrected chi connectivity index (χ1v) is 8.35. The molecule has 6 nitrogen and oxygen atoms in total. The number of methoxy groups -OCH3 is 1. The molecule has 0 radical (unpaired) electrons. The lowest BCUT2D eigenvalue weighted by molar-refractivity contribution is 0.0734. The number of piperazine rings is 1. The Bertz CT molecular complexity index is 700. The molecule has 24 heavy (non-hydrogen) atoms. The highest BCUT2D eigenvalue weighted by Gasteiger charge is 2.24. The van der Waals surface area contributed by atoms with E-state index in [1.807, 2.05) is 36.9 Å². The van der Waals surface area contributed by atoms with E-state index >= 15 is 0 Å². The number of carbonyl (C=O) groups is 1. The molecule has 0 aliphatic carbocycles. The van der Waals surface area contributed by atoms with Gasteiger partial charge in [0.15, 0.2) is 0 Å². The molecule has 1 aliphatic heterocycles. The summed E-state index contributed by atoms with van der Waals surface area (Å²) in [6.07, 6.45) is 0. The summed E-state index contributed by atoms with van der Waals surface area (Å²) in [5, 5.41) is 4.37. The summed E-state index contributed by atoms with van der Waals surface area (Å²) in [6.45, 7) is 7.74. The molecule has 2 aromatic rings. The first-order valence-electron chi connectivity index (χ1n) is 8.35. The summed E-state index contributed by atoms with van der Waals surface area (Å²) >= 11 is 0. The van der Waals surface area contributed by atoms with Crippen LogP contribution >= 0.6 is 0 Å². The third-order valence-electron chi connectivity index (χ3n) is 4.43. The number of anilines is 1. The van der Waals surface area contributed by atoms with Crippen LogP contribution in [0.25, 0.3) is 0 Å². The topological polar surface area (TPSA) is 50.6 Å². The number of hydrogen-bond donors (Lipinski definition) is 0. The van der Waals surface area contributed by atoms with Crippen LogP contribution in [0.15, 0.2) is 30.3 Å². The monoisotopic (exact) mass is 328 g/mol. The average molecular weight is 328 g/mol. The molecule has 2 heterocycles. The largest absolute Gasteiger partial charge is 0.497 e. The molecule has 0 unspecified atom stereocenters. The van der Waals surface area contributed by atoms with E-state index in [4.69, 9.17) is 4.74 Å². The molecule has 1 fully saturated rings. The Hall–Kier alpha value is -2.50. The third-order valence-corrected chi connectivity index (χ3v) is 4.43. The molecule has 0 spiro atoms. The molecule has 1 amide bonds. The van der Waals surface area contributed by atoms with Crippen molar-refractivity contribution in [1.82, 2.24) is 14.7 Å². The Labute approximate surface area is 142 Å². The lowest BCUT2D eigenvalue weighted by Gasteiger charge is -2.36. The minimum Gasteiger partial charge on any atom is -0.497 e. The van der Waals surface area contributed by atoms with E-state index in [-0.39, 0.29) is 5.91 Å². The molecule has 1 aliphatic rings. The molecule has 3 rings (SSSR count). The summed E-state index contributed by atoms with van der Waals surface area (Å²) < 4.78 is 6.98. The van der Waals surface area contributed by atoms with Crippen LogP contribution < -0.4 is 9.64 Å². The van der Waals surface area contributed by atoms with E-state index in [0.29, 0.717) is 12.2 Å². The zero-order valence-corrected chi connectivity index (χ0v) is 14.5. The fraction of sp³-hybridized carbons (Fsp3) is 0.444. The van der Waals surface area contributed by atoms with Crippen LogP contribution in [0.1, 0.15) is 23.1 Å². The van der Waals surface area contributed by atoms with Gasteiger partial charge in [-0.1, -0.05) is 0 Å². The SMILES string of the molecule is CCn1nc(C)cc1C(=O)N1CCN(c2ccc(OC)cc2)CC1. The smallest absolute Gasteiger partial charge is 0.272 e. The van der Waals surface area contributed by atoms with Crippen molar-refractivity contribution in [2.75, 3.05) is 38.2 Å². The maximum atomic E-state index is 12.7. The normalized spacial score (nSPS) is 14.8.